The SMILES string of the molecule is O=C(O)CNC(=O)CNC(=O)CN1C(=O)CNC1=O. The fraction of sp³-hybridized carbons (Fsp3) is 0.444. The molecule has 10 nitrogen and oxygen atoms in total. The van der Waals surface area contributed by atoms with Gasteiger partial charge in [-0.05, 0) is 0 Å². The third-order valence-electron chi connectivity index (χ3n) is 2.12. The van der Waals surface area contributed by atoms with Crippen LogP contribution >= 0.6 is 0 Å². The molecule has 4 N–H and O–H groups in total. The molecule has 0 bridgehead atoms. The first-order valence-corrected chi connectivity index (χ1v) is 5.23. The number of amides is 5. The Labute approximate surface area is 107 Å². The smallest absolute Gasteiger partial charge is 0.325 e. The lowest BCUT2D eigenvalue weighted by Gasteiger charge is -2.11. The zero-order chi connectivity index (χ0) is 14.4. The molecule has 0 aromatic heterocycles. The number of hydrogen-bond donors (Lipinski definition) is 4. The number of nitrogens with zero attached hydrogens (tertiary/aromatic N) is 1. The monoisotopic (exact) mass is 272 g/mol. The minimum absolute atomic E-state index is 0.161. The van der Waals surface area contributed by atoms with Crippen molar-refractivity contribution in [2.75, 3.05) is 26.2 Å². The summed E-state index contributed by atoms with van der Waals surface area (Å²) in [6.45, 7) is -1.64. The molecule has 0 unspecified atom stereocenters. The Bertz CT molecular complexity index is 418. The van der Waals surface area contributed by atoms with Gasteiger partial charge in [-0.15, -0.1) is 0 Å². The van der Waals surface area contributed by atoms with Crippen molar-refractivity contribution >= 4 is 29.7 Å². The zero-order valence-corrected chi connectivity index (χ0v) is 9.76. The van der Waals surface area contributed by atoms with E-state index in [4.69, 9.17) is 5.11 Å². The van der Waals surface area contributed by atoms with Crippen LogP contribution in [0.15, 0.2) is 0 Å². The summed E-state index contributed by atoms with van der Waals surface area (Å²) in [5.41, 5.74) is 0. The van der Waals surface area contributed by atoms with Gasteiger partial charge in [0.2, 0.25) is 11.8 Å². The maximum Gasteiger partial charge on any atom is 0.325 e. The Hall–Kier alpha value is -2.65. The molecule has 10 heteroatoms. The van der Waals surface area contributed by atoms with Crippen molar-refractivity contribution in [3.63, 3.8) is 0 Å². The van der Waals surface area contributed by atoms with E-state index in [2.05, 4.69) is 10.6 Å². The summed E-state index contributed by atoms with van der Waals surface area (Å²) >= 11 is 0. The van der Waals surface area contributed by atoms with Crippen LogP contribution in [0.5, 0.6) is 0 Å². The van der Waals surface area contributed by atoms with Crippen LogP contribution in [0.4, 0.5) is 4.79 Å². The minimum atomic E-state index is -1.21. The van der Waals surface area contributed by atoms with Crippen molar-refractivity contribution < 1.29 is 29.1 Å². The molecular weight excluding hydrogens is 260 g/mol. The van der Waals surface area contributed by atoms with Gasteiger partial charge in [-0.2, -0.15) is 0 Å². The van der Waals surface area contributed by atoms with E-state index in [9.17, 15) is 24.0 Å². The number of nitrogens with one attached hydrogen (secondary N) is 3. The van der Waals surface area contributed by atoms with Crippen molar-refractivity contribution in [2.45, 2.75) is 0 Å². The van der Waals surface area contributed by atoms with Gasteiger partial charge in [-0.25, -0.2) is 4.79 Å². The molecule has 0 aromatic rings. The molecule has 1 rings (SSSR count). The number of carboxylic acids is 1. The van der Waals surface area contributed by atoms with Crippen LogP contribution in [0, 0.1) is 0 Å². The zero-order valence-electron chi connectivity index (χ0n) is 9.76. The molecule has 0 spiro atoms. The first kappa shape index (κ1) is 14.4. The second kappa shape index (κ2) is 6.33. The van der Waals surface area contributed by atoms with Gasteiger partial charge in [0.15, 0.2) is 0 Å². The maximum absolute atomic E-state index is 11.4. The average molecular weight is 272 g/mol. The van der Waals surface area contributed by atoms with Crippen molar-refractivity contribution in [1.82, 2.24) is 20.9 Å². The van der Waals surface area contributed by atoms with Crippen molar-refractivity contribution in [2.24, 2.45) is 0 Å². The molecular formula is C9H12N4O6. The molecule has 1 aliphatic rings. The van der Waals surface area contributed by atoms with Crippen LogP contribution in [0.25, 0.3) is 0 Å². The molecule has 5 amide bonds. The Morgan fingerprint density at radius 3 is 2.32 bits per heavy atom. The van der Waals surface area contributed by atoms with Crippen LogP contribution in [0.1, 0.15) is 0 Å². The van der Waals surface area contributed by atoms with Gasteiger partial charge in [0.25, 0.3) is 5.91 Å². The highest BCUT2D eigenvalue weighted by molar-refractivity contribution is 6.04. The molecule has 1 fully saturated rings. The van der Waals surface area contributed by atoms with Crippen LogP contribution < -0.4 is 16.0 Å². The lowest BCUT2D eigenvalue weighted by atomic mass is 10.4. The standard InChI is InChI=1S/C9H12N4O6/c14-5(11-3-8(17)18)1-10-6(15)4-13-7(16)2-12-9(13)19/h1-4H2,(H,10,15)(H,11,14)(H,12,19)(H,17,18). The molecule has 104 valence electrons. The molecule has 1 heterocycles. The van der Waals surface area contributed by atoms with E-state index in [1.807, 2.05) is 5.32 Å². The second-order valence-electron chi connectivity index (χ2n) is 3.59. The highest BCUT2D eigenvalue weighted by Crippen LogP contribution is 1.97. The van der Waals surface area contributed by atoms with E-state index in [1.165, 1.54) is 0 Å². The average Bonchev–Trinajstić information content (AvgIpc) is 2.65. The van der Waals surface area contributed by atoms with E-state index in [1.54, 1.807) is 0 Å². The van der Waals surface area contributed by atoms with Crippen LogP contribution in [0.3, 0.4) is 0 Å². The summed E-state index contributed by atoms with van der Waals surface area (Å²) in [5.74, 6) is -3.13. The van der Waals surface area contributed by atoms with Gasteiger partial charge < -0.3 is 21.1 Å². The molecule has 0 saturated carbocycles. The number of imide groups is 1. The van der Waals surface area contributed by atoms with Gasteiger partial charge in [-0.3, -0.25) is 24.1 Å². The number of urea groups is 1. The number of hydrogen-bond acceptors (Lipinski definition) is 5. The third-order valence-corrected chi connectivity index (χ3v) is 2.12. The normalized spacial score (nSPS) is 14.0. The summed E-state index contributed by atoms with van der Waals surface area (Å²) in [5, 5.41) is 14.7. The van der Waals surface area contributed by atoms with Crippen molar-refractivity contribution in [1.29, 1.82) is 0 Å². The van der Waals surface area contributed by atoms with Gasteiger partial charge in [0.05, 0.1) is 13.1 Å². The van der Waals surface area contributed by atoms with E-state index >= 15 is 0 Å². The lowest BCUT2D eigenvalue weighted by molar-refractivity contribution is -0.138. The van der Waals surface area contributed by atoms with Gasteiger partial charge in [0.1, 0.15) is 13.1 Å². The topological polar surface area (TPSA) is 145 Å². The summed E-state index contributed by atoms with van der Waals surface area (Å²) in [6, 6.07) is -0.671. The molecule has 0 atom stereocenters. The number of carbonyl (C=O) groups excluding carboxylic acids is 4. The van der Waals surface area contributed by atoms with Crippen LogP contribution in [-0.2, 0) is 19.2 Å². The summed E-state index contributed by atoms with van der Waals surface area (Å²) < 4.78 is 0. The number of carbonyl (C=O) groups is 5. The summed E-state index contributed by atoms with van der Waals surface area (Å²) in [4.78, 5) is 55.5. The molecule has 0 aliphatic carbocycles. The van der Waals surface area contributed by atoms with E-state index < -0.39 is 49.4 Å². The van der Waals surface area contributed by atoms with Gasteiger partial charge >= 0.3 is 12.0 Å². The number of carboxylic acid groups (broad SMARTS) is 1. The molecule has 1 aliphatic heterocycles. The number of aliphatic carboxylic acids is 1. The minimum Gasteiger partial charge on any atom is -0.480 e. The Morgan fingerprint density at radius 1 is 1.16 bits per heavy atom. The first-order valence-electron chi connectivity index (χ1n) is 5.23. The maximum atomic E-state index is 11.4. The van der Waals surface area contributed by atoms with E-state index in [0.29, 0.717) is 4.90 Å². The largest absolute Gasteiger partial charge is 0.480 e. The third kappa shape index (κ3) is 4.61. The van der Waals surface area contributed by atoms with Gasteiger partial charge in [0, 0.05) is 0 Å². The Balaban J connectivity index is 2.28. The highest BCUT2D eigenvalue weighted by Gasteiger charge is 2.30. The summed E-state index contributed by atoms with van der Waals surface area (Å²) in [7, 11) is 0. The Morgan fingerprint density at radius 2 is 1.79 bits per heavy atom. The van der Waals surface area contributed by atoms with Gasteiger partial charge in [-0.1, -0.05) is 0 Å². The molecule has 0 aromatic carbocycles. The summed E-state index contributed by atoms with van der Waals surface area (Å²) in [6.07, 6.45) is 0. The van der Waals surface area contributed by atoms with Crippen molar-refractivity contribution in [3.8, 4) is 0 Å². The highest BCUT2D eigenvalue weighted by atomic mass is 16.4. The quantitative estimate of drug-likeness (QED) is 0.376. The first-order chi connectivity index (χ1) is 8.90. The predicted molar refractivity (Wildman–Crippen MR) is 58.8 cm³/mol. The van der Waals surface area contributed by atoms with E-state index in [-0.39, 0.29) is 6.54 Å². The molecule has 19 heavy (non-hydrogen) atoms. The molecule has 1 saturated heterocycles. The second-order valence-corrected chi connectivity index (χ2v) is 3.59. The molecule has 0 radical (unpaired) electrons. The van der Waals surface area contributed by atoms with Crippen LogP contribution in [-0.4, -0.2) is 65.9 Å². The fourth-order valence-corrected chi connectivity index (χ4v) is 1.23. The predicted octanol–water partition coefficient (Wildman–Crippen LogP) is -3.14. The number of rotatable bonds is 6. The fourth-order valence-electron chi connectivity index (χ4n) is 1.23. The lowest BCUT2D eigenvalue weighted by Crippen LogP contribution is -2.44. The van der Waals surface area contributed by atoms with Crippen LogP contribution in [0.2, 0.25) is 0 Å². The van der Waals surface area contributed by atoms with E-state index in [0.717, 1.165) is 0 Å². The Kier molecular flexibility index (Phi) is 4.80. The van der Waals surface area contributed by atoms with Crippen molar-refractivity contribution in [3.05, 3.63) is 0 Å².